The molecule has 0 aliphatic heterocycles. The van der Waals surface area contributed by atoms with Gasteiger partial charge in [-0.2, -0.15) is 5.10 Å². The van der Waals surface area contributed by atoms with Gasteiger partial charge in [-0.05, 0) is 42.5 Å². The van der Waals surface area contributed by atoms with E-state index in [-0.39, 0.29) is 13.2 Å². The third-order valence-electron chi connectivity index (χ3n) is 4.63. The zero-order chi connectivity index (χ0) is 21.5. The minimum absolute atomic E-state index is 0.117. The Balaban J connectivity index is 1.46. The molecular weight excluding hydrogens is 392 g/mol. The van der Waals surface area contributed by atoms with Crippen molar-refractivity contribution in [1.82, 2.24) is 9.78 Å². The summed E-state index contributed by atoms with van der Waals surface area (Å²) in [6.07, 6.45) is 0. The first kappa shape index (κ1) is 20.2. The molecule has 156 valence electrons. The van der Waals surface area contributed by atoms with Crippen molar-refractivity contribution in [3.8, 4) is 28.4 Å². The molecule has 0 aliphatic rings. The molecule has 0 saturated carbocycles. The van der Waals surface area contributed by atoms with Gasteiger partial charge in [-0.1, -0.05) is 48.5 Å². The first-order valence-electron chi connectivity index (χ1n) is 9.89. The molecule has 0 amide bonds. The molecule has 1 aromatic heterocycles. The quantitative estimate of drug-likeness (QED) is 0.307. The van der Waals surface area contributed by atoms with Gasteiger partial charge >= 0.3 is 5.97 Å². The Labute approximate surface area is 180 Å². The predicted molar refractivity (Wildman–Crippen MR) is 118 cm³/mol. The Kier molecular flexibility index (Phi) is 6.28. The van der Waals surface area contributed by atoms with Crippen LogP contribution in [0.2, 0.25) is 0 Å². The molecule has 6 nitrogen and oxygen atoms in total. The van der Waals surface area contributed by atoms with Crippen molar-refractivity contribution in [2.45, 2.75) is 0 Å². The smallest absolute Gasteiger partial charge is 0.357 e. The number of carbonyl (C=O) groups excluding carboxylic acids is 1. The maximum absolute atomic E-state index is 12.8. The van der Waals surface area contributed by atoms with E-state index in [1.165, 1.54) is 0 Å². The van der Waals surface area contributed by atoms with E-state index in [0.717, 1.165) is 17.0 Å². The standard InChI is InChI=1S/C25H22N2O4/c1-29-21-12-14-22(15-13-21)30-16-17-31-25(28)24-18-23(19-8-4-2-5-9-19)26-27(24)20-10-6-3-7-11-20/h2-15,18H,16-17H2,1H3. The molecule has 4 rings (SSSR count). The van der Waals surface area contributed by atoms with E-state index in [2.05, 4.69) is 5.10 Å². The van der Waals surface area contributed by atoms with Gasteiger partial charge in [-0.15, -0.1) is 0 Å². The average molecular weight is 414 g/mol. The van der Waals surface area contributed by atoms with Crippen LogP contribution in [0.4, 0.5) is 0 Å². The second-order valence-corrected chi connectivity index (χ2v) is 6.69. The highest BCUT2D eigenvalue weighted by molar-refractivity contribution is 5.89. The fourth-order valence-corrected chi connectivity index (χ4v) is 3.08. The van der Waals surface area contributed by atoms with Crippen molar-refractivity contribution < 1.29 is 19.0 Å². The molecule has 31 heavy (non-hydrogen) atoms. The summed E-state index contributed by atoms with van der Waals surface area (Å²) in [7, 11) is 1.61. The summed E-state index contributed by atoms with van der Waals surface area (Å²) in [5.74, 6) is 0.969. The van der Waals surface area contributed by atoms with Crippen molar-refractivity contribution >= 4 is 5.97 Å². The molecule has 0 spiro atoms. The SMILES string of the molecule is COc1ccc(OCCOC(=O)c2cc(-c3ccccc3)nn2-c2ccccc2)cc1. The zero-order valence-electron chi connectivity index (χ0n) is 17.1. The van der Waals surface area contributed by atoms with E-state index in [9.17, 15) is 4.79 Å². The van der Waals surface area contributed by atoms with Gasteiger partial charge in [0, 0.05) is 5.56 Å². The lowest BCUT2D eigenvalue weighted by molar-refractivity contribution is 0.0440. The largest absolute Gasteiger partial charge is 0.497 e. The highest BCUT2D eigenvalue weighted by atomic mass is 16.6. The van der Waals surface area contributed by atoms with Gasteiger partial charge in [0.1, 0.15) is 24.7 Å². The number of aromatic nitrogens is 2. The Morgan fingerprint density at radius 1 is 0.839 bits per heavy atom. The topological polar surface area (TPSA) is 62.6 Å². The van der Waals surface area contributed by atoms with Crippen molar-refractivity contribution in [2.75, 3.05) is 20.3 Å². The van der Waals surface area contributed by atoms with Crippen molar-refractivity contribution in [2.24, 2.45) is 0 Å². The first-order valence-corrected chi connectivity index (χ1v) is 9.89. The number of ether oxygens (including phenoxy) is 3. The molecule has 0 radical (unpaired) electrons. The van der Waals surface area contributed by atoms with Gasteiger partial charge in [0.2, 0.25) is 0 Å². The third-order valence-corrected chi connectivity index (χ3v) is 4.63. The molecule has 0 unspecified atom stereocenters. The van der Waals surface area contributed by atoms with Crippen molar-refractivity contribution in [3.63, 3.8) is 0 Å². The second kappa shape index (κ2) is 9.63. The molecule has 0 N–H and O–H groups in total. The van der Waals surface area contributed by atoms with Crippen LogP contribution < -0.4 is 9.47 Å². The van der Waals surface area contributed by atoms with Crippen molar-refractivity contribution in [3.05, 3.63) is 96.7 Å². The van der Waals surface area contributed by atoms with E-state index in [0.29, 0.717) is 17.1 Å². The summed E-state index contributed by atoms with van der Waals surface area (Å²) in [6.45, 7) is 0.356. The Morgan fingerprint density at radius 3 is 2.16 bits per heavy atom. The van der Waals surface area contributed by atoms with Gasteiger partial charge < -0.3 is 14.2 Å². The number of carbonyl (C=O) groups is 1. The molecule has 0 aliphatic carbocycles. The number of methoxy groups -OCH3 is 1. The predicted octanol–water partition coefficient (Wildman–Crippen LogP) is 4.78. The number of nitrogens with zero attached hydrogens (tertiary/aromatic N) is 2. The number of hydrogen-bond donors (Lipinski definition) is 0. The highest BCUT2D eigenvalue weighted by Gasteiger charge is 2.19. The minimum atomic E-state index is -0.461. The first-order chi connectivity index (χ1) is 15.2. The minimum Gasteiger partial charge on any atom is -0.497 e. The van der Waals surface area contributed by atoms with E-state index < -0.39 is 5.97 Å². The van der Waals surface area contributed by atoms with Gasteiger partial charge in [-0.3, -0.25) is 0 Å². The van der Waals surface area contributed by atoms with E-state index >= 15 is 0 Å². The lowest BCUT2D eigenvalue weighted by Gasteiger charge is -2.09. The van der Waals surface area contributed by atoms with Gasteiger partial charge in [0.05, 0.1) is 18.5 Å². The normalized spacial score (nSPS) is 10.5. The number of hydrogen-bond acceptors (Lipinski definition) is 5. The third kappa shape index (κ3) is 4.93. The molecule has 0 atom stereocenters. The number of esters is 1. The fourth-order valence-electron chi connectivity index (χ4n) is 3.08. The van der Waals surface area contributed by atoms with Crippen LogP contribution in [0.5, 0.6) is 11.5 Å². The monoisotopic (exact) mass is 414 g/mol. The number of rotatable bonds is 8. The van der Waals surface area contributed by atoms with Crippen LogP contribution in [0.15, 0.2) is 91.0 Å². The molecule has 3 aromatic carbocycles. The van der Waals surface area contributed by atoms with Gasteiger partial charge in [0.25, 0.3) is 0 Å². The van der Waals surface area contributed by atoms with E-state index in [1.54, 1.807) is 30.0 Å². The van der Waals surface area contributed by atoms with Crippen LogP contribution in [0, 0.1) is 0 Å². The maximum atomic E-state index is 12.8. The summed E-state index contributed by atoms with van der Waals surface area (Å²) in [4.78, 5) is 12.8. The fraction of sp³-hybridized carbons (Fsp3) is 0.120. The summed E-state index contributed by atoms with van der Waals surface area (Å²) >= 11 is 0. The van der Waals surface area contributed by atoms with Gasteiger partial charge in [0.15, 0.2) is 5.69 Å². The summed E-state index contributed by atoms with van der Waals surface area (Å²) in [5, 5.41) is 4.64. The highest BCUT2D eigenvalue weighted by Crippen LogP contribution is 2.22. The van der Waals surface area contributed by atoms with Crippen LogP contribution >= 0.6 is 0 Å². The Morgan fingerprint density at radius 2 is 1.48 bits per heavy atom. The maximum Gasteiger partial charge on any atom is 0.357 e. The van der Waals surface area contributed by atoms with E-state index in [4.69, 9.17) is 14.2 Å². The second-order valence-electron chi connectivity index (χ2n) is 6.69. The van der Waals surface area contributed by atoms with Crippen molar-refractivity contribution in [1.29, 1.82) is 0 Å². The molecule has 0 bridgehead atoms. The Hall–Kier alpha value is -4.06. The molecule has 6 heteroatoms. The summed E-state index contributed by atoms with van der Waals surface area (Å²) in [6, 6.07) is 28.2. The molecule has 4 aromatic rings. The number of para-hydroxylation sites is 1. The lowest BCUT2D eigenvalue weighted by atomic mass is 10.1. The van der Waals surface area contributed by atoms with Crippen LogP contribution in [-0.4, -0.2) is 36.1 Å². The van der Waals surface area contributed by atoms with Crippen LogP contribution in [0.1, 0.15) is 10.5 Å². The lowest BCUT2D eigenvalue weighted by Crippen LogP contribution is -2.16. The van der Waals surface area contributed by atoms with Crippen LogP contribution in [0.3, 0.4) is 0 Å². The van der Waals surface area contributed by atoms with Crippen LogP contribution in [-0.2, 0) is 4.74 Å². The molecule has 0 fully saturated rings. The van der Waals surface area contributed by atoms with Gasteiger partial charge in [-0.25, -0.2) is 9.48 Å². The van der Waals surface area contributed by atoms with Crippen LogP contribution in [0.25, 0.3) is 16.9 Å². The molecule has 1 heterocycles. The summed E-state index contributed by atoms with van der Waals surface area (Å²) < 4.78 is 17.8. The average Bonchev–Trinajstić information content (AvgIpc) is 3.29. The Bertz CT molecular complexity index is 1120. The number of benzene rings is 3. The zero-order valence-corrected chi connectivity index (χ0v) is 17.1. The van der Waals surface area contributed by atoms with E-state index in [1.807, 2.05) is 72.8 Å². The molecular formula is C25H22N2O4. The summed E-state index contributed by atoms with van der Waals surface area (Å²) in [5.41, 5.74) is 2.76. The molecule has 0 saturated heterocycles.